The summed E-state index contributed by atoms with van der Waals surface area (Å²) in [5, 5.41) is 3.68. The smallest absolute Gasteiger partial charge is 0.138 e. The maximum Gasteiger partial charge on any atom is 0.138 e. The van der Waals surface area contributed by atoms with Crippen molar-refractivity contribution in [1.29, 1.82) is 0 Å². The van der Waals surface area contributed by atoms with Crippen LogP contribution in [0.25, 0.3) is 60.8 Å². The monoisotopic (exact) mass is 640 g/mol. The number of aromatic nitrogens is 2. The van der Waals surface area contributed by atoms with E-state index in [1.54, 1.807) is 0 Å². The molecule has 0 amide bonds. The van der Waals surface area contributed by atoms with Gasteiger partial charge in [-0.1, -0.05) is 151 Å². The van der Waals surface area contributed by atoms with Crippen LogP contribution in [0.5, 0.6) is 0 Å². The molecule has 0 fully saturated rings. The summed E-state index contributed by atoms with van der Waals surface area (Å²) in [5.74, 6) is 0.927. The van der Waals surface area contributed by atoms with E-state index in [9.17, 15) is 0 Å². The van der Waals surface area contributed by atoms with Gasteiger partial charge in [0.15, 0.2) is 0 Å². The average Bonchev–Trinajstić information content (AvgIpc) is 3.66. The molecule has 7 aromatic carbocycles. The molecular formula is C46H28N2S. The molecule has 1 aliphatic heterocycles. The number of hydrogen-bond donors (Lipinski definition) is 0. The van der Waals surface area contributed by atoms with Crippen LogP contribution in [-0.4, -0.2) is 9.55 Å². The minimum Gasteiger partial charge on any atom is -0.294 e. The Kier molecular flexibility index (Phi) is 5.56. The Hall–Kier alpha value is -5.90. The van der Waals surface area contributed by atoms with Gasteiger partial charge < -0.3 is 0 Å². The molecule has 0 radical (unpaired) electrons. The summed E-state index contributed by atoms with van der Waals surface area (Å²) in [6, 6.07) is 62.2. The third-order valence-corrected chi connectivity index (χ3v) is 11.9. The van der Waals surface area contributed by atoms with Crippen molar-refractivity contribution < 1.29 is 0 Å². The van der Waals surface area contributed by atoms with Gasteiger partial charge in [0.1, 0.15) is 5.82 Å². The Labute approximate surface area is 288 Å². The standard InChI is InChI=1S/C46H28N2S/c1-2-14-29(15-3-1)34-28-43(47-39-23-11-6-18-32(34)39)48-40-24-12-7-19-33(40)44-41(48)27-26-38-45(44)49-42-25-13-10-22-37(42)46(38)35-20-8-4-16-30(35)31-17-5-9-21-36(31)46/h1-28H. The predicted octanol–water partition coefficient (Wildman–Crippen LogP) is 11.8. The highest BCUT2D eigenvalue weighted by Gasteiger charge is 2.50. The molecule has 11 rings (SSSR count). The molecule has 49 heavy (non-hydrogen) atoms. The first kappa shape index (κ1) is 27.1. The molecule has 0 saturated heterocycles. The summed E-state index contributed by atoms with van der Waals surface area (Å²) in [5.41, 5.74) is 13.3. The molecule has 228 valence electrons. The molecule has 1 aliphatic carbocycles. The normalized spacial score (nSPS) is 13.8. The van der Waals surface area contributed by atoms with Crippen molar-refractivity contribution in [3.8, 4) is 28.1 Å². The molecule has 1 spiro atoms. The first-order valence-corrected chi connectivity index (χ1v) is 17.6. The van der Waals surface area contributed by atoms with Crippen LogP contribution >= 0.6 is 11.8 Å². The second-order valence-electron chi connectivity index (χ2n) is 13.0. The van der Waals surface area contributed by atoms with E-state index in [0.29, 0.717) is 0 Å². The zero-order chi connectivity index (χ0) is 32.1. The second kappa shape index (κ2) is 10.1. The second-order valence-corrected chi connectivity index (χ2v) is 14.1. The average molecular weight is 641 g/mol. The minimum absolute atomic E-state index is 0.413. The van der Waals surface area contributed by atoms with Gasteiger partial charge in [0.25, 0.3) is 0 Å². The Morgan fingerprint density at radius 1 is 0.469 bits per heavy atom. The third kappa shape index (κ3) is 3.55. The van der Waals surface area contributed by atoms with Crippen molar-refractivity contribution >= 4 is 44.5 Å². The highest BCUT2D eigenvalue weighted by molar-refractivity contribution is 7.99. The van der Waals surface area contributed by atoms with Crippen LogP contribution in [0.15, 0.2) is 180 Å². The van der Waals surface area contributed by atoms with Crippen molar-refractivity contribution in [2.45, 2.75) is 15.2 Å². The Balaban J connectivity index is 1.27. The number of pyridine rings is 1. The molecule has 3 heteroatoms. The van der Waals surface area contributed by atoms with Crippen molar-refractivity contribution in [2.24, 2.45) is 0 Å². The fraction of sp³-hybridized carbons (Fsp3) is 0.0217. The van der Waals surface area contributed by atoms with Gasteiger partial charge >= 0.3 is 0 Å². The topological polar surface area (TPSA) is 17.8 Å². The number of benzene rings is 7. The van der Waals surface area contributed by atoms with E-state index in [-0.39, 0.29) is 0 Å². The molecule has 0 atom stereocenters. The molecule has 2 aliphatic rings. The van der Waals surface area contributed by atoms with Gasteiger partial charge in [-0.2, -0.15) is 0 Å². The molecule has 2 nitrogen and oxygen atoms in total. The summed E-state index contributed by atoms with van der Waals surface area (Å²) in [4.78, 5) is 7.97. The maximum atomic E-state index is 5.34. The summed E-state index contributed by atoms with van der Waals surface area (Å²) in [6.07, 6.45) is 0. The Morgan fingerprint density at radius 3 is 1.90 bits per heavy atom. The van der Waals surface area contributed by atoms with E-state index in [4.69, 9.17) is 4.98 Å². The SMILES string of the molecule is c1ccc(-c2cc(-n3c4ccccc4c4c5c(ccc43)C3(c4ccccc4S5)c4ccccc4-c4ccccc43)nc3ccccc23)cc1. The first-order chi connectivity index (χ1) is 24.3. The lowest BCUT2D eigenvalue weighted by Gasteiger charge is -2.40. The van der Waals surface area contributed by atoms with Gasteiger partial charge in [0, 0.05) is 25.9 Å². The molecule has 2 aromatic heterocycles. The summed E-state index contributed by atoms with van der Waals surface area (Å²) in [6.45, 7) is 0. The Bertz CT molecular complexity index is 2770. The lowest BCUT2D eigenvalue weighted by Crippen LogP contribution is -2.32. The third-order valence-electron chi connectivity index (χ3n) is 10.7. The molecule has 9 aromatic rings. The van der Waals surface area contributed by atoms with Gasteiger partial charge in [-0.05, 0) is 74.8 Å². The number of rotatable bonds is 2. The lowest BCUT2D eigenvalue weighted by atomic mass is 9.67. The van der Waals surface area contributed by atoms with Gasteiger partial charge in [0.05, 0.1) is 22.0 Å². The molecule has 0 N–H and O–H groups in total. The van der Waals surface area contributed by atoms with E-state index in [1.807, 2.05) is 11.8 Å². The number of para-hydroxylation sites is 2. The molecular weight excluding hydrogens is 613 g/mol. The van der Waals surface area contributed by atoms with Crippen LogP contribution in [0.4, 0.5) is 0 Å². The van der Waals surface area contributed by atoms with Crippen molar-refractivity contribution in [2.75, 3.05) is 0 Å². The number of hydrogen-bond acceptors (Lipinski definition) is 2. The number of fused-ring (bicyclic) bond motifs is 14. The van der Waals surface area contributed by atoms with Gasteiger partial charge in [-0.25, -0.2) is 4.98 Å². The molecule has 0 bridgehead atoms. The van der Waals surface area contributed by atoms with Crippen LogP contribution in [0.1, 0.15) is 22.3 Å². The molecule has 0 saturated carbocycles. The van der Waals surface area contributed by atoms with Crippen LogP contribution in [0, 0.1) is 0 Å². The van der Waals surface area contributed by atoms with Crippen molar-refractivity contribution in [1.82, 2.24) is 9.55 Å². The summed E-state index contributed by atoms with van der Waals surface area (Å²) in [7, 11) is 0. The van der Waals surface area contributed by atoms with Crippen LogP contribution in [0.2, 0.25) is 0 Å². The molecule has 3 heterocycles. The van der Waals surface area contributed by atoms with Gasteiger partial charge in [0.2, 0.25) is 0 Å². The maximum absolute atomic E-state index is 5.34. The van der Waals surface area contributed by atoms with Crippen LogP contribution in [-0.2, 0) is 5.41 Å². The summed E-state index contributed by atoms with van der Waals surface area (Å²) >= 11 is 1.91. The Morgan fingerprint density at radius 2 is 1.10 bits per heavy atom. The number of nitrogens with zero attached hydrogens (tertiary/aromatic N) is 2. The fourth-order valence-electron chi connectivity index (χ4n) is 8.75. The van der Waals surface area contributed by atoms with E-state index < -0.39 is 5.41 Å². The van der Waals surface area contributed by atoms with Crippen LogP contribution in [0.3, 0.4) is 0 Å². The zero-order valence-electron chi connectivity index (χ0n) is 26.5. The van der Waals surface area contributed by atoms with Crippen molar-refractivity contribution in [3.05, 3.63) is 192 Å². The zero-order valence-corrected chi connectivity index (χ0v) is 27.3. The quantitative estimate of drug-likeness (QED) is 0.187. The van der Waals surface area contributed by atoms with Gasteiger partial charge in [-0.3, -0.25) is 4.57 Å². The van der Waals surface area contributed by atoms with Crippen LogP contribution < -0.4 is 0 Å². The lowest BCUT2D eigenvalue weighted by molar-refractivity contribution is 0.726. The summed E-state index contributed by atoms with van der Waals surface area (Å²) < 4.78 is 2.38. The fourth-order valence-corrected chi connectivity index (χ4v) is 10.1. The van der Waals surface area contributed by atoms with Crippen molar-refractivity contribution in [3.63, 3.8) is 0 Å². The predicted molar refractivity (Wildman–Crippen MR) is 203 cm³/mol. The highest BCUT2D eigenvalue weighted by atomic mass is 32.2. The van der Waals surface area contributed by atoms with Gasteiger partial charge in [-0.15, -0.1) is 0 Å². The largest absolute Gasteiger partial charge is 0.294 e. The van der Waals surface area contributed by atoms with E-state index in [0.717, 1.165) is 22.2 Å². The minimum atomic E-state index is -0.413. The van der Waals surface area contributed by atoms with E-state index in [1.165, 1.54) is 70.6 Å². The molecule has 0 unspecified atom stereocenters. The van der Waals surface area contributed by atoms with E-state index in [2.05, 4.69) is 174 Å². The first-order valence-electron chi connectivity index (χ1n) is 16.8. The van der Waals surface area contributed by atoms with E-state index >= 15 is 0 Å². The highest BCUT2D eigenvalue weighted by Crippen LogP contribution is 2.63.